The van der Waals surface area contributed by atoms with E-state index >= 15 is 0 Å². The van der Waals surface area contributed by atoms with Crippen molar-refractivity contribution in [2.45, 2.75) is 6.18 Å². The van der Waals surface area contributed by atoms with Gasteiger partial charge in [-0.2, -0.15) is 13.2 Å². The van der Waals surface area contributed by atoms with Gasteiger partial charge in [0, 0.05) is 10.6 Å². The van der Waals surface area contributed by atoms with E-state index in [4.69, 9.17) is 11.6 Å². The summed E-state index contributed by atoms with van der Waals surface area (Å²) >= 11 is 8.61. The first-order chi connectivity index (χ1) is 6.86. The fraction of sp³-hybridized carbons (Fsp3) is 0.125. The molecule has 7 heteroatoms. The molecular weight excluding hydrogens is 254 g/mol. The van der Waals surface area contributed by atoms with E-state index in [1.165, 1.54) is 0 Å². The van der Waals surface area contributed by atoms with Crippen molar-refractivity contribution >= 4 is 30.1 Å². The Kier molecular flexibility index (Phi) is 3.62. The molecule has 1 aromatic rings. The van der Waals surface area contributed by atoms with Gasteiger partial charge in [-0.1, -0.05) is 11.6 Å². The molecule has 0 saturated carbocycles. The molecule has 0 heterocycles. The zero-order valence-electron chi connectivity index (χ0n) is 7.02. The summed E-state index contributed by atoms with van der Waals surface area (Å²) in [5, 5.41) is -0.00914. The van der Waals surface area contributed by atoms with Crippen molar-refractivity contribution in [1.29, 1.82) is 0 Å². The molecule has 0 fully saturated rings. The van der Waals surface area contributed by atoms with E-state index < -0.39 is 23.3 Å². The molecule has 1 aromatic carbocycles. The van der Waals surface area contributed by atoms with Gasteiger partial charge in [-0.25, -0.2) is 8.79 Å². The Bertz CT molecular complexity index is 402. The zero-order chi connectivity index (χ0) is 11.6. The van der Waals surface area contributed by atoms with E-state index in [0.717, 1.165) is 18.2 Å². The molecule has 0 radical (unpaired) electrons. The van der Waals surface area contributed by atoms with Gasteiger partial charge >= 0.3 is 6.18 Å². The third-order valence-corrected chi connectivity index (χ3v) is 1.99. The largest absolute Gasteiger partial charge is 0.434 e. The zero-order valence-corrected chi connectivity index (χ0v) is 8.67. The third kappa shape index (κ3) is 2.85. The Balaban J connectivity index is 3.31. The van der Waals surface area contributed by atoms with E-state index in [1.54, 1.807) is 0 Å². The predicted molar refractivity (Wildman–Crippen MR) is 53.0 cm³/mol. The van der Waals surface area contributed by atoms with E-state index in [-0.39, 0.29) is 5.02 Å². The average molecular weight is 258 g/mol. The second-order valence-corrected chi connectivity index (χ2v) is 3.21. The standard InChI is InChI=1S/C8H4ClF4NS/c9-4-1-2-6(10)5(3-4)7(14-15)8(11,12)13/h1-3,15H. The Labute approximate surface area is 93.3 Å². The van der Waals surface area contributed by atoms with Gasteiger partial charge in [0.05, 0.1) is 0 Å². The van der Waals surface area contributed by atoms with Crippen LogP contribution in [0.2, 0.25) is 5.02 Å². The van der Waals surface area contributed by atoms with E-state index in [9.17, 15) is 17.6 Å². The van der Waals surface area contributed by atoms with Crippen LogP contribution < -0.4 is 0 Å². The van der Waals surface area contributed by atoms with Gasteiger partial charge in [0.15, 0.2) is 5.71 Å². The fourth-order valence-electron chi connectivity index (χ4n) is 0.942. The lowest BCUT2D eigenvalue weighted by atomic mass is 10.1. The highest BCUT2D eigenvalue weighted by Crippen LogP contribution is 2.26. The lowest BCUT2D eigenvalue weighted by Crippen LogP contribution is -2.24. The molecule has 82 valence electrons. The molecule has 0 aliphatic carbocycles. The number of rotatable bonds is 1. The van der Waals surface area contributed by atoms with Crippen LogP contribution in [0, 0.1) is 5.82 Å². The molecule has 1 rings (SSSR count). The highest BCUT2D eigenvalue weighted by molar-refractivity contribution is 7.79. The first kappa shape index (κ1) is 12.3. The van der Waals surface area contributed by atoms with Crippen LogP contribution in [0.5, 0.6) is 0 Å². The quantitative estimate of drug-likeness (QED) is 0.448. The predicted octanol–water partition coefficient (Wildman–Crippen LogP) is 3.68. The van der Waals surface area contributed by atoms with Gasteiger partial charge in [0.2, 0.25) is 0 Å². The summed E-state index contributed by atoms with van der Waals surface area (Å²) in [5.41, 5.74) is -2.13. The summed E-state index contributed by atoms with van der Waals surface area (Å²) in [5.74, 6) is -1.05. The molecule has 0 atom stereocenters. The Morgan fingerprint density at radius 3 is 2.40 bits per heavy atom. The maximum Gasteiger partial charge on any atom is 0.434 e. The third-order valence-electron chi connectivity index (χ3n) is 1.55. The summed E-state index contributed by atoms with van der Waals surface area (Å²) in [6.07, 6.45) is -4.77. The van der Waals surface area contributed by atoms with Crippen molar-refractivity contribution in [3.05, 3.63) is 34.6 Å². The number of nitrogens with zero attached hydrogens (tertiary/aromatic N) is 1. The topological polar surface area (TPSA) is 12.4 Å². The van der Waals surface area contributed by atoms with Crippen molar-refractivity contribution in [2.75, 3.05) is 0 Å². The Morgan fingerprint density at radius 2 is 1.93 bits per heavy atom. The van der Waals surface area contributed by atoms with Crippen LogP contribution in [0.25, 0.3) is 0 Å². The molecule has 15 heavy (non-hydrogen) atoms. The summed E-state index contributed by atoms with van der Waals surface area (Å²) < 4.78 is 52.8. The number of hydrogen-bond donors (Lipinski definition) is 1. The number of hydrogen-bond acceptors (Lipinski definition) is 2. The van der Waals surface area contributed by atoms with E-state index in [1.807, 2.05) is 0 Å². The molecule has 0 aliphatic heterocycles. The average Bonchev–Trinajstić information content (AvgIpc) is 2.10. The summed E-state index contributed by atoms with van der Waals surface area (Å²) in [6.45, 7) is 0. The molecule has 0 aromatic heterocycles. The number of benzene rings is 1. The fourth-order valence-corrected chi connectivity index (χ4v) is 1.34. The summed E-state index contributed by atoms with van der Waals surface area (Å²) in [6, 6.07) is 2.83. The van der Waals surface area contributed by atoms with Crippen molar-refractivity contribution < 1.29 is 17.6 Å². The minimum absolute atomic E-state index is 0.00914. The van der Waals surface area contributed by atoms with Crippen LogP contribution in [0.4, 0.5) is 17.6 Å². The van der Waals surface area contributed by atoms with Gasteiger partial charge in [0.25, 0.3) is 0 Å². The van der Waals surface area contributed by atoms with Crippen LogP contribution >= 0.6 is 24.4 Å². The molecule has 0 saturated heterocycles. The van der Waals surface area contributed by atoms with Gasteiger partial charge in [0.1, 0.15) is 5.82 Å². The van der Waals surface area contributed by atoms with Gasteiger partial charge in [-0.15, -0.1) is 0 Å². The lowest BCUT2D eigenvalue weighted by molar-refractivity contribution is -0.0579. The molecule has 0 bridgehead atoms. The minimum Gasteiger partial charge on any atom is -0.214 e. The van der Waals surface area contributed by atoms with Gasteiger partial charge in [-0.05, 0) is 31.0 Å². The van der Waals surface area contributed by atoms with Crippen LogP contribution in [0.3, 0.4) is 0 Å². The SMILES string of the molecule is Fc1ccc(Cl)cc1C(=NS)C(F)(F)F. The molecule has 0 unspecified atom stereocenters. The van der Waals surface area contributed by atoms with E-state index in [2.05, 4.69) is 17.2 Å². The molecule has 0 spiro atoms. The second-order valence-electron chi connectivity index (χ2n) is 2.57. The van der Waals surface area contributed by atoms with Crippen LogP contribution in [0.1, 0.15) is 5.56 Å². The van der Waals surface area contributed by atoms with Crippen LogP contribution in [0.15, 0.2) is 22.6 Å². The van der Waals surface area contributed by atoms with Gasteiger partial charge in [-0.3, -0.25) is 0 Å². The number of alkyl halides is 3. The Morgan fingerprint density at radius 1 is 1.33 bits per heavy atom. The maximum atomic E-state index is 13.1. The monoisotopic (exact) mass is 257 g/mol. The summed E-state index contributed by atoms with van der Waals surface area (Å²) in [7, 11) is 0. The lowest BCUT2D eigenvalue weighted by Gasteiger charge is -2.10. The second kappa shape index (κ2) is 4.40. The highest BCUT2D eigenvalue weighted by atomic mass is 35.5. The number of thiol groups is 1. The molecule has 0 aliphatic rings. The maximum absolute atomic E-state index is 13.1. The van der Waals surface area contributed by atoms with Crippen LogP contribution in [-0.2, 0) is 0 Å². The first-order valence-corrected chi connectivity index (χ1v) is 4.38. The van der Waals surface area contributed by atoms with Crippen molar-refractivity contribution in [3.63, 3.8) is 0 Å². The molecule has 1 nitrogen and oxygen atoms in total. The smallest absolute Gasteiger partial charge is 0.214 e. The number of halogens is 5. The molecule has 0 amide bonds. The first-order valence-electron chi connectivity index (χ1n) is 3.61. The van der Waals surface area contributed by atoms with Crippen molar-refractivity contribution in [1.82, 2.24) is 0 Å². The minimum atomic E-state index is -4.77. The normalized spacial score (nSPS) is 13.1. The van der Waals surface area contributed by atoms with E-state index in [0.29, 0.717) is 0 Å². The van der Waals surface area contributed by atoms with Gasteiger partial charge < -0.3 is 0 Å². The van der Waals surface area contributed by atoms with Crippen LogP contribution in [-0.4, -0.2) is 11.9 Å². The van der Waals surface area contributed by atoms with Crippen molar-refractivity contribution in [2.24, 2.45) is 4.40 Å². The molecule has 0 N–H and O–H groups in total. The summed E-state index contributed by atoms with van der Waals surface area (Å²) in [4.78, 5) is 0. The molecular formula is C8H4ClF4NS. The van der Waals surface area contributed by atoms with Crippen molar-refractivity contribution in [3.8, 4) is 0 Å². The highest BCUT2D eigenvalue weighted by Gasteiger charge is 2.38. The Hall–Kier alpha value is -0.750.